The fraction of sp³-hybridized carbons (Fsp3) is 0.125. The number of halogens is 1. The highest BCUT2D eigenvalue weighted by molar-refractivity contribution is 14.1. The molecule has 0 saturated carbocycles. The Morgan fingerprint density at radius 3 is 2.14 bits per heavy atom. The highest BCUT2D eigenvalue weighted by Crippen LogP contribution is 2.14. The lowest BCUT2D eigenvalue weighted by molar-refractivity contribution is 0.908. The number of rotatable bonds is 0. The molecule has 0 unspecified atom stereocenters. The Hall–Kier alpha value is -1.89. The van der Waals surface area contributed by atoms with Crippen molar-refractivity contribution in [3.63, 3.8) is 0 Å². The van der Waals surface area contributed by atoms with E-state index in [0.29, 0.717) is 0 Å². The number of fused-ring (bicyclic) bond motifs is 2. The predicted molar refractivity (Wildman–Crippen MR) is 94.1 cm³/mol. The van der Waals surface area contributed by atoms with Crippen LogP contribution in [0.1, 0.15) is 0 Å². The van der Waals surface area contributed by atoms with Crippen molar-refractivity contribution in [2.24, 2.45) is 14.1 Å². The van der Waals surface area contributed by atoms with Gasteiger partial charge in [0.1, 0.15) is 0 Å². The second kappa shape index (κ2) is 5.85. The fourth-order valence-electron chi connectivity index (χ4n) is 2.20. The molecule has 0 saturated heterocycles. The van der Waals surface area contributed by atoms with Gasteiger partial charge in [0.25, 0.3) is 0 Å². The van der Waals surface area contributed by atoms with Gasteiger partial charge in [0.05, 0.1) is 28.4 Å². The van der Waals surface area contributed by atoms with Gasteiger partial charge in [-0.3, -0.25) is 0 Å². The number of hydrogen-bond donors (Lipinski definition) is 0. The minimum absolute atomic E-state index is 1.03. The lowest BCUT2D eigenvalue weighted by atomic mass is 10.3. The summed E-state index contributed by atoms with van der Waals surface area (Å²) in [5.41, 5.74) is 4.50. The van der Waals surface area contributed by atoms with Crippen molar-refractivity contribution in [2.45, 2.75) is 0 Å². The molecule has 0 amide bonds. The Kier molecular flexibility index (Phi) is 3.92. The van der Waals surface area contributed by atoms with Gasteiger partial charge < -0.3 is 9.13 Å². The average Bonchev–Trinajstić information content (AvgIpc) is 3.02. The van der Waals surface area contributed by atoms with Crippen molar-refractivity contribution in [1.29, 1.82) is 0 Å². The first-order valence-corrected chi connectivity index (χ1v) is 7.67. The number of aromatic nitrogens is 4. The predicted octanol–water partition coefficient (Wildman–Crippen LogP) is 3.75. The molecule has 0 bridgehead atoms. The summed E-state index contributed by atoms with van der Waals surface area (Å²) >= 11 is 2.23. The van der Waals surface area contributed by atoms with Gasteiger partial charge in [0.15, 0.2) is 3.83 Å². The molecular formula is C16H15IN4. The van der Waals surface area contributed by atoms with E-state index in [1.165, 1.54) is 11.0 Å². The number of hydrogen-bond acceptors (Lipinski definition) is 2. The monoisotopic (exact) mass is 390 g/mol. The quantitative estimate of drug-likeness (QED) is 0.429. The first kappa shape index (κ1) is 14.1. The van der Waals surface area contributed by atoms with Crippen molar-refractivity contribution in [2.75, 3.05) is 0 Å². The van der Waals surface area contributed by atoms with Gasteiger partial charge in [-0.1, -0.05) is 24.3 Å². The van der Waals surface area contributed by atoms with Crippen molar-refractivity contribution < 1.29 is 0 Å². The van der Waals surface area contributed by atoms with E-state index < -0.39 is 0 Å². The zero-order valence-corrected chi connectivity index (χ0v) is 14.0. The minimum Gasteiger partial charge on any atom is -0.334 e. The van der Waals surface area contributed by atoms with Crippen LogP contribution in [0.25, 0.3) is 22.1 Å². The molecule has 0 radical (unpaired) electrons. The SMILES string of the molecule is Cn1c(I)nc2ccccc21.Cn1cnc2ccccc21. The van der Waals surface area contributed by atoms with Crippen LogP contribution in [0.2, 0.25) is 0 Å². The molecule has 0 aliphatic rings. The molecule has 0 N–H and O–H groups in total. The summed E-state index contributed by atoms with van der Waals surface area (Å²) < 4.78 is 5.12. The Bertz CT molecular complexity index is 891. The van der Waals surface area contributed by atoms with Crippen molar-refractivity contribution in [3.05, 3.63) is 58.7 Å². The van der Waals surface area contributed by atoms with E-state index in [9.17, 15) is 0 Å². The second-order valence-corrected chi connectivity index (χ2v) is 5.74. The fourth-order valence-corrected chi connectivity index (χ4v) is 2.72. The first-order valence-electron chi connectivity index (χ1n) is 6.60. The zero-order valence-electron chi connectivity index (χ0n) is 11.9. The van der Waals surface area contributed by atoms with Crippen LogP contribution in [0.3, 0.4) is 0 Å². The van der Waals surface area contributed by atoms with Crippen LogP contribution in [-0.4, -0.2) is 19.1 Å². The van der Waals surface area contributed by atoms with Gasteiger partial charge in [-0.15, -0.1) is 0 Å². The second-order valence-electron chi connectivity index (χ2n) is 4.77. The minimum atomic E-state index is 1.03. The molecule has 0 spiro atoms. The van der Waals surface area contributed by atoms with E-state index in [4.69, 9.17) is 0 Å². The topological polar surface area (TPSA) is 35.6 Å². The van der Waals surface area contributed by atoms with Gasteiger partial charge in [-0.05, 0) is 46.9 Å². The number of aryl methyl sites for hydroxylation is 2. The Morgan fingerprint density at radius 2 is 1.48 bits per heavy atom. The van der Waals surface area contributed by atoms with Crippen LogP contribution in [0.15, 0.2) is 54.9 Å². The molecule has 0 atom stereocenters. The average molecular weight is 390 g/mol. The van der Waals surface area contributed by atoms with Crippen LogP contribution in [0, 0.1) is 3.83 Å². The summed E-state index contributed by atoms with van der Waals surface area (Å²) in [5.74, 6) is 0. The van der Waals surface area contributed by atoms with Crippen LogP contribution >= 0.6 is 22.6 Å². The van der Waals surface area contributed by atoms with E-state index in [2.05, 4.69) is 49.3 Å². The van der Waals surface area contributed by atoms with E-state index in [1.807, 2.05) is 61.4 Å². The van der Waals surface area contributed by atoms with Gasteiger partial charge in [0.2, 0.25) is 0 Å². The molecule has 2 aromatic carbocycles. The Balaban J connectivity index is 0.000000126. The summed E-state index contributed by atoms with van der Waals surface area (Å²) in [5, 5.41) is 0. The van der Waals surface area contributed by atoms with Crippen molar-refractivity contribution in [1.82, 2.24) is 19.1 Å². The third-order valence-electron chi connectivity index (χ3n) is 3.36. The van der Waals surface area contributed by atoms with Gasteiger partial charge in [0, 0.05) is 14.1 Å². The van der Waals surface area contributed by atoms with E-state index in [0.717, 1.165) is 14.9 Å². The third-order valence-corrected chi connectivity index (χ3v) is 4.33. The summed E-state index contributed by atoms with van der Waals surface area (Å²) in [4.78, 5) is 8.54. The molecule has 0 fully saturated rings. The standard InChI is InChI=1S/C8H7IN2.C8H8N2/c1-11-7-5-3-2-4-6(7)10-8(11)9;1-10-6-9-7-4-2-3-5-8(7)10/h2-5H,1H3;2-6H,1H3. The molecule has 106 valence electrons. The van der Waals surface area contributed by atoms with Crippen LogP contribution < -0.4 is 0 Å². The van der Waals surface area contributed by atoms with Crippen LogP contribution in [-0.2, 0) is 14.1 Å². The molecule has 2 aromatic heterocycles. The molecule has 2 heterocycles. The Labute approximate surface area is 136 Å². The maximum atomic E-state index is 4.36. The number of imidazole rings is 2. The summed E-state index contributed by atoms with van der Waals surface area (Å²) in [6, 6.07) is 16.2. The maximum absolute atomic E-state index is 4.36. The summed E-state index contributed by atoms with van der Waals surface area (Å²) in [6.07, 6.45) is 1.82. The summed E-state index contributed by atoms with van der Waals surface area (Å²) in [7, 11) is 4.02. The third kappa shape index (κ3) is 2.78. The number of benzene rings is 2. The smallest absolute Gasteiger partial charge is 0.172 e. The molecule has 21 heavy (non-hydrogen) atoms. The van der Waals surface area contributed by atoms with E-state index in [1.54, 1.807) is 0 Å². The van der Waals surface area contributed by atoms with E-state index >= 15 is 0 Å². The lowest BCUT2D eigenvalue weighted by Gasteiger charge is -1.92. The molecule has 4 rings (SSSR count). The highest BCUT2D eigenvalue weighted by Gasteiger charge is 2.01. The van der Waals surface area contributed by atoms with Gasteiger partial charge in [-0.25, -0.2) is 9.97 Å². The van der Waals surface area contributed by atoms with Crippen molar-refractivity contribution in [3.8, 4) is 0 Å². The molecule has 0 aliphatic heterocycles. The van der Waals surface area contributed by atoms with Crippen LogP contribution in [0.4, 0.5) is 0 Å². The van der Waals surface area contributed by atoms with Crippen LogP contribution in [0.5, 0.6) is 0 Å². The first-order chi connectivity index (χ1) is 10.2. The van der Waals surface area contributed by atoms with Gasteiger partial charge >= 0.3 is 0 Å². The molecule has 0 aliphatic carbocycles. The number of para-hydroxylation sites is 4. The molecular weight excluding hydrogens is 375 g/mol. The normalized spacial score (nSPS) is 10.6. The van der Waals surface area contributed by atoms with Crippen molar-refractivity contribution >= 4 is 44.7 Å². The van der Waals surface area contributed by atoms with E-state index in [-0.39, 0.29) is 0 Å². The number of nitrogens with zero attached hydrogens (tertiary/aromatic N) is 4. The lowest BCUT2D eigenvalue weighted by Crippen LogP contribution is -1.89. The van der Waals surface area contributed by atoms with Gasteiger partial charge in [-0.2, -0.15) is 0 Å². The highest BCUT2D eigenvalue weighted by atomic mass is 127. The largest absolute Gasteiger partial charge is 0.334 e. The molecule has 4 nitrogen and oxygen atoms in total. The molecule has 5 heteroatoms. The molecule has 4 aromatic rings. The Morgan fingerprint density at radius 1 is 0.857 bits per heavy atom. The maximum Gasteiger partial charge on any atom is 0.172 e. The zero-order chi connectivity index (χ0) is 14.8. The summed E-state index contributed by atoms with van der Waals surface area (Å²) in [6.45, 7) is 0.